The van der Waals surface area contributed by atoms with Crippen LogP contribution in [0.2, 0.25) is 0 Å². The number of rotatable bonds is 7. The molecule has 1 aliphatic heterocycles. The molecule has 0 atom stereocenters. The maximum atomic E-state index is 13.0. The first-order valence-corrected chi connectivity index (χ1v) is 10.3. The number of amides is 1. The third kappa shape index (κ3) is 4.87. The maximum Gasteiger partial charge on any atom is 0.272 e. The van der Waals surface area contributed by atoms with Gasteiger partial charge in [-0.05, 0) is 13.0 Å². The minimum atomic E-state index is -0.0403. The Bertz CT molecular complexity index is 772. The smallest absolute Gasteiger partial charge is 0.272 e. The highest BCUT2D eigenvalue weighted by Gasteiger charge is 2.21. The first-order valence-electron chi connectivity index (χ1n) is 10.3. The largest absolute Gasteiger partial charge is 0.354 e. The van der Waals surface area contributed by atoms with E-state index in [1.54, 1.807) is 4.90 Å². The fourth-order valence-corrected chi connectivity index (χ4v) is 3.41. The molecule has 1 saturated heterocycles. The number of piperazine rings is 1. The summed E-state index contributed by atoms with van der Waals surface area (Å²) in [5, 5.41) is 0. The Hall–Kier alpha value is -2.47. The van der Waals surface area contributed by atoms with Crippen LogP contribution in [0.15, 0.2) is 36.4 Å². The number of likely N-dealkylation sites (N-methyl/N-ethyl adjacent to an activating group) is 1. The Kier molecular flexibility index (Phi) is 6.98. The predicted octanol–water partition coefficient (Wildman–Crippen LogP) is 3.16. The highest BCUT2D eigenvalue weighted by atomic mass is 16.2. The second-order valence-electron chi connectivity index (χ2n) is 7.30. The van der Waals surface area contributed by atoms with Crippen molar-refractivity contribution in [3.8, 4) is 11.4 Å². The van der Waals surface area contributed by atoms with E-state index in [0.29, 0.717) is 11.5 Å². The molecule has 3 rings (SSSR count). The van der Waals surface area contributed by atoms with Gasteiger partial charge in [0.2, 0.25) is 0 Å². The number of anilines is 1. The molecule has 0 unspecified atom stereocenters. The van der Waals surface area contributed by atoms with Crippen LogP contribution in [0.5, 0.6) is 0 Å². The first-order chi connectivity index (χ1) is 13.6. The number of nitrogens with zero attached hydrogens (tertiary/aromatic N) is 5. The van der Waals surface area contributed by atoms with Gasteiger partial charge in [-0.25, -0.2) is 9.97 Å². The van der Waals surface area contributed by atoms with Gasteiger partial charge in [0.1, 0.15) is 11.5 Å². The van der Waals surface area contributed by atoms with E-state index in [0.717, 1.165) is 63.5 Å². The van der Waals surface area contributed by atoms with Crippen molar-refractivity contribution in [2.45, 2.75) is 26.7 Å². The Labute approximate surface area is 168 Å². The third-order valence-corrected chi connectivity index (χ3v) is 5.30. The zero-order valence-corrected chi connectivity index (χ0v) is 17.3. The van der Waals surface area contributed by atoms with Gasteiger partial charge in [0, 0.05) is 51.4 Å². The van der Waals surface area contributed by atoms with E-state index in [1.807, 2.05) is 43.4 Å². The van der Waals surface area contributed by atoms with Gasteiger partial charge in [-0.1, -0.05) is 50.6 Å². The van der Waals surface area contributed by atoms with Crippen LogP contribution in [0, 0.1) is 0 Å². The SMILES string of the molecule is CCCCN(C)C(=O)c1cc(N2CCN(CC)CC2)nc(-c2ccccc2)n1. The molecule has 1 amide bonds. The number of hydrogen-bond donors (Lipinski definition) is 0. The van der Waals surface area contributed by atoms with Gasteiger partial charge in [0.05, 0.1) is 0 Å². The number of aromatic nitrogens is 2. The number of carbonyl (C=O) groups is 1. The second-order valence-corrected chi connectivity index (χ2v) is 7.30. The molecule has 6 heteroatoms. The van der Waals surface area contributed by atoms with E-state index >= 15 is 0 Å². The Morgan fingerprint density at radius 3 is 2.43 bits per heavy atom. The molecule has 0 bridgehead atoms. The van der Waals surface area contributed by atoms with E-state index < -0.39 is 0 Å². The summed E-state index contributed by atoms with van der Waals surface area (Å²) < 4.78 is 0. The lowest BCUT2D eigenvalue weighted by Gasteiger charge is -2.35. The molecule has 0 radical (unpaired) electrons. The van der Waals surface area contributed by atoms with Crippen molar-refractivity contribution in [3.05, 3.63) is 42.1 Å². The van der Waals surface area contributed by atoms with Crippen molar-refractivity contribution < 1.29 is 4.79 Å². The monoisotopic (exact) mass is 381 g/mol. The van der Waals surface area contributed by atoms with Gasteiger partial charge < -0.3 is 14.7 Å². The van der Waals surface area contributed by atoms with E-state index in [9.17, 15) is 4.79 Å². The molecule has 2 heterocycles. The normalized spacial score (nSPS) is 14.9. The average Bonchev–Trinajstić information content (AvgIpc) is 2.77. The van der Waals surface area contributed by atoms with Gasteiger partial charge in [-0.15, -0.1) is 0 Å². The molecule has 0 N–H and O–H groups in total. The van der Waals surface area contributed by atoms with Gasteiger partial charge in [-0.3, -0.25) is 4.79 Å². The zero-order chi connectivity index (χ0) is 19.9. The summed E-state index contributed by atoms with van der Waals surface area (Å²) in [4.78, 5) is 28.9. The molecule has 1 aliphatic rings. The lowest BCUT2D eigenvalue weighted by Crippen LogP contribution is -2.46. The van der Waals surface area contributed by atoms with Gasteiger partial charge in [0.15, 0.2) is 5.82 Å². The minimum Gasteiger partial charge on any atom is -0.354 e. The number of benzene rings is 1. The molecule has 0 saturated carbocycles. The van der Waals surface area contributed by atoms with Crippen molar-refractivity contribution in [1.82, 2.24) is 19.8 Å². The quantitative estimate of drug-likeness (QED) is 0.737. The van der Waals surface area contributed by atoms with Crippen LogP contribution >= 0.6 is 0 Å². The van der Waals surface area contributed by atoms with Crippen LogP contribution < -0.4 is 4.90 Å². The lowest BCUT2D eigenvalue weighted by atomic mass is 10.2. The van der Waals surface area contributed by atoms with Crippen LogP contribution in [-0.4, -0.2) is 72.0 Å². The molecule has 1 aromatic carbocycles. The number of carbonyl (C=O) groups excluding carboxylic acids is 1. The fourth-order valence-electron chi connectivity index (χ4n) is 3.41. The van der Waals surface area contributed by atoms with Crippen LogP contribution in [0.1, 0.15) is 37.2 Å². The van der Waals surface area contributed by atoms with Crippen molar-refractivity contribution >= 4 is 11.7 Å². The maximum absolute atomic E-state index is 13.0. The van der Waals surface area contributed by atoms with E-state index in [-0.39, 0.29) is 5.91 Å². The third-order valence-electron chi connectivity index (χ3n) is 5.30. The molecular formula is C22H31N5O. The topological polar surface area (TPSA) is 52.6 Å². The average molecular weight is 382 g/mol. The molecular weight excluding hydrogens is 350 g/mol. The first kappa shape index (κ1) is 20.3. The van der Waals surface area contributed by atoms with Crippen molar-refractivity contribution in [2.75, 3.05) is 51.2 Å². The lowest BCUT2D eigenvalue weighted by molar-refractivity contribution is 0.0787. The standard InChI is InChI=1S/C22H31N5O/c1-4-6-12-25(3)22(28)19-17-20(27-15-13-26(5-2)14-16-27)24-21(23-19)18-10-8-7-9-11-18/h7-11,17H,4-6,12-16H2,1-3H3. The van der Waals surface area contributed by atoms with E-state index in [4.69, 9.17) is 4.98 Å². The Morgan fingerprint density at radius 1 is 1.07 bits per heavy atom. The second kappa shape index (κ2) is 9.64. The van der Waals surface area contributed by atoms with Gasteiger partial charge >= 0.3 is 0 Å². The summed E-state index contributed by atoms with van der Waals surface area (Å²) in [6.07, 6.45) is 2.05. The van der Waals surface area contributed by atoms with E-state index in [2.05, 4.69) is 28.6 Å². The number of unbranched alkanes of at least 4 members (excludes halogenated alkanes) is 1. The minimum absolute atomic E-state index is 0.0403. The molecule has 1 aromatic heterocycles. The van der Waals surface area contributed by atoms with Gasteiger partial charge in [-0.2, -0.15) is 0 Å². The Morgan fingerprint density at radius 2 is 1.79 bits per heavy atom. The molecule has 28 heavy (non-hydrogen) atoms. The van der Waals surface area contributed by atoms with Crippen molar-refractivity contribution in [1.29, 1.82) is 0 Å². The van der Waals surface area contributed by atoms with Crippen LogP contribution in [0.4, 0.5) is 5.82 Å². The van der Waals surface area contributed by atoms with Crippen LogP contribution in [0.3, 0.4) is 0 Å². The molecule has 150 valence electrons. The summed E-state index contributed by atoms with van der Waals surface area (Å²) in [7, 11) is 1.85. The van der Waals surface area contributed by atoms with Gasteiger partial charge in [0.25, 0.3) is 5.91 Å². The predicted molar refractivity (Wildman–Crippen MR) is 114 cm³/mol. The van der Waals surface area contributed by atoms with Crippen LogP contribution in [0.25, 0.3) is 11.4 Å². The molecule has 0 spiro atoms. The zero-order valence-electron chi connectivity index (χ0n) is 17.3. The molecule has 6 nitrogen and oxygen atoms in total. The fraction of sp³-hybridized carbons (Fsp3) is 0.500. The van der Waals surface area contributed by atoms with E-state index in [1.165, 1.54) is 0 Å². The summed E-state index contributed by atoms with van der Waals surface area (Å²) in [6, 6.07) is 11.8. The summed E-state index contributed by atoms with van der Waals surface area (Å²) >= 11 is 0. The molecule has 0 aliphatic carbocycles. The Balaban J connectivity index is 1.92. The molecule has 1 fully saturated rings. The molecule has 2 aromatic rings. The summed E-state index contributed by atoms with van der Waals surface area (Å²) in [5.74, 6) is 1.42. The summed E-state index contributed by atoms with van der Waals surface area (Å²) in [6.45, 7) is 9.99. The summed E-state index contributed by atoms with van der Waals surface area (Å²) in [5.41, 5.74) is 1.40. The van der Waals surface area contributed by atoms with Crippen molar-refractivity contribution in [3.63, 3.8) is 0 Å². The van der Waals surface area contributed by atoms with Crippen molar-refractivity contribution in [2.24, 2.45) is 0 Å². The number of hydrogen-bond acceptors (Lipinski definition) is 5. The van der Waals surface area contributed by atoms with Crippen LogP contribution in [-0.2, 0) is 0 Å². The highest BCUT2D eigenvalue weighted by molar-refractivity contribution is 5.93. The highest BCUT2D eigenvalue weighted by Crippen LogP contribution is 2.22.